The first-order valence-corrected chi connectivity index (χ1v) is 8.59. The lowest BCUT2D eigenvalue weighted by Crippen LogP contribution is -2.16. The number of alkyl halides is 3. The minimum atomic E-state index is -4.71. The van der Waals surface area contributed by atoms with Crippen LogP contribution in [0, 0.1) is 0 Å². The minimum Gasteiger partial charge on any atom is -0.406 e. The Labute approximate surface area is 150 Å². The van der Waals surface area contributed by atoms with Crippen molar-refractivity contribution in [2.24, 2.45) is 0 Å². The molecule has 0 spiro atoms. The lowest BCUT2D eigenvalue weighted by Gasteiger charge is -2.09. The molecular weight excluding hydrogens is 341 g/mol. The van der Waals surface area contributed by atoms with Crippen LogP contribution in [0.1, 0.15) is 53.1 Å². The Hall–Kier alpha value is -2.56. The van der Waals surface area contributed by atoms with E-state index in [1.165, 1.54) is 61.6 Å². The monoisotopic (exact) mass is 360 g/mol. The van der Waals surface area contributed by atoms with Crippen molar-refractivity contribution in [3.63, 3.8) is 0 Å². The normalized spacial score (nSPS) is 15.5. The van der Waals surface area contributed by atoms with Gasteiger partial charge in [0, 0.05) is 5.56 Å². The molecule has 0 unspecified atom stereocenters. The fraction of sp³-hybridized carbons (Fsp3) is 0.286. The Morgan fingerprint density at radius 1 is 0.962 bits per heavy atom. The summed E-state index contributed by atoms with van der Waals surface area (Å²) >= 11 is 0. The van der Waals surface area contributed by atoms with Gasteiger partial charge in [-0.25, -0.2) is 0 Å². The molecule has 5 heteroatoms. The second-order valence-electron chi connectivity index (χ2n) is 6.42. The third kappa shape index (κ3) is 4.97. The maximum atomic E-state index is 12.2. The van der Waals surface area contributed by atoms with Crippen molar-refractivity contribution in [3.8, 4) is 5.75 Å². The lowest BCUT2D eigenvalue weighted by molar-refractivity contribution is -0.274. The molecule has 2 nitrogen and oxygen atoms in total. The van der Waals surface area contributed by atoms with Gasteiger partial charge in [0.25, 0.3) is 0 Å². The van der Waals surface area contributed by atoms with Crippen LogP contribution in [0.4, 0.5) is 13.2 Å². The summed E-state index contributed by atoms with van der Waals surface area (Å²) in [6.07, 6.45) is 3.23. The highest BCUT2D eigenvalue weighted by molar-refractivity contribution is 6.06. The van der Waals surface area contributed by atoms with Crippen LogP contribution in [0.25, 0.3) is 6.08 Å². The molecule has 0 amide bonds. The number of carbonyl (C=O) groups excluding carboxylic acids is 1. The molecule has 1 aliphatic rings. The summed E-state index contributed by atoms with van der Waals surface area (Å²) < 4.78 is 40.2. The van der Waals surface area contributed by atoms with E-state index in [0.29, 0.717) is 17.0 Å². The van der Waals surface area contributed by atoms with Gasteiger partial charge in [0.05, 0.1) is 0 Å². The van der Waals surface area contributed by atoms with Crippen LogP contribution in [0.2, 0.25) is 0 Å². The van der Waals surface area contributed by atoms with Crippen LogP contribution in [0.3, 0.4) is 0 Å². The van der Waals surface area contributed by atoms with Gasteiger partial charge in [-0.05, 0) is 48.1 Å². The van der Waals surface area contributed by atoms with Crippen molar-refractivity contribution in [2.45, 2.75) is 38.0 Å². The van der Waals surface area contributed by atoms with Crippen LogP contribution in [0.15, 0.2) is 54.6 Å². The van der Waals surface area contributed by atoms with Gasteiger partial charge < -0.3 is 4.74 Å². The number of benzene rings is 2. The molecule has 3 rings (SSSR count). The maximum Gasteiger partial charge on any atom is 0.573 e. The Balaban J connectivity index is 1.61. The molecule has 0 aromatic heterocycles. The second-order valence-corrected chi connectivity index (χ2v) is 6.42. The third-order valence-electron chi connectivity index (χ3n) is 4.56. The first-order chi connectivity index (χ1) is 12.4. The van der Waals surface area contributed by atoms with Gasteiger partial charge in [-0.3, -0.25) is 4.79 Å². The van der Waals surface area contributed by atoms with Gasteiger partial charge in [-0.1, -0.05) is 55.3 Å². The van der Waals surface area contributed by atoms with E-state index in [1.807, 2.05) is 24.3 Å². The molecule has 0 N–H and O–H groups in total. The maximum absolute atomic E-state index is 12.2. The summed E-state index contributed by atoms with van der Waals surface area (Å²) in [5, 5.41) is 0. The summed E-state index contributed by atoms with van der Waals surface area (Å²) in [6.45, 7) is 0. The zero-order chi connectivity index (χ0) is 18.6. The van der Waals surface area contributed by atoms with Crippen molar-refractivity contribution in [2.75, 3.05) is 0 Å². The van der Waals surface area contributed by atoms with Crippen LogP contribution in [-0.4, -0.2) is 12.1 Å². The molecule has 0 saturated heterocycles. The molecule has 0 radical (unpaired) electrons. The topological polar surface area (TPSA) is 26.3 Å². The van der Waals surface area contributed by atoms with E-state index >= 15 is 0 Å². The van der Waals surface area contributed by atoms with Gasteiger partial charge in [0.1, 0.15) is 5.75 Å². The predicted octanol–water partition coefficient (Wildman–Crippen LogP) is 6.14. The van der Waals surface area contributed by atoms with Crippen LogP contribution < -0.4 is 4.74 Å². The molecule has 0 atom stereocenters. The molecule has 1 fully saturated rings. The van der Waals surface area contributed by atoms with E-state index in [9.17, 15) is 18.0 Å². The van der Waals surface area contributed by atoms with E-state index in [1.54, 1.807) is 6.08 Å². The van der Waals surface area contributed by atoms with Crippen molar-refractivity contribution in [1.82, 2.24) is 0 Å². The number of halogens is 3. The molecule has 2 aromatic carbocycles. The largest absolute Gasteiger partial charge is 0.573 e. The van der Waals surface area contributed by atoms with E-state index in [-0.39, 0.29) is 11.5 Å². The fourth-order valence-electron chi connectivity index (χ4n) is 3.23. The highest BCUT2D eigenvalue weighted by Crippen LogP contribution is 2.34. The van der Waals surface area contributed by atoms with Gasteiger partial charge in [0.2, 0.25) is 0 Å². The number of rotatable bonds is 5. The van der Waals surface area contributed by atoms with E-state index in [0.717, 1.165) is 0 Å². The van der Waals surface area contributed by atoms with Crippen molar-refractivity contribution < 1.29 is 22.7 Å². The van der Waals surface area contributed by atoms with Crippen LogP contribution in [0.5, 0.6) is 5.75 Å². The number of ketones is 1. The molecule has 0 heterocycles. The number of carbonyl (C=O) groups is 1. The number of hydrogen-bond donors (Lipinski definition) is 0. The van der Waals surface area contributed by atoms with Crippen molar-refractivity contribution in [1.29, 1.82) is 0 Å². The molecule has 1 saturated carbocycles. The molecular formula is C21H19F3O2. The number of ether oxygens (including phenoxy) is 1. The highest BCUT2D eigenvalue weighted by atomic mass is 19.4. The van der Waals surface area contributed by atoms with Crippen molar-refractivity contribution in [3.05, 3.63) is 71.3 Å². The molecule has 2 aromatic rings. The van der Waals surface area contributed by atoms with Gasteiger partial charge in [0.15, 0.2) is 5.78 Å². The fourth-order valence-corrected chi connectivity index (χ4v) is 3.23. The molecule has 1 aliphatic carbocycles. The van der Waals surface area contributed by atoms with Crippen LogP contribution in [-0.2, 0) is 0 Å². The predicted molar refractivity (Wildman–Crippen MR) is 94.1 cm³/mol. The summed E-state index contributed by atoms with van der Waals surface area (Å²) in [4.78, 5) is 12.2. The first kappa shape index (κ1) is 18.2. The Morgan fingerprint density at radius 2 is 1.58 bits per heavy atom. The summed E-state index contributed by atoms with van der Waals surface area (Å²) in [5.41, 5.74) is 2.50. The Kier molecular flexibility index (Phi) is 5.45. The SMILES string of the molecule is O=C(C=Cc1ccc(OC(F)(F)F)cc1)c1ccc(C2CCCC2)cc1. The molecule has 0 bridgehead atoms. The van der Waals surface area contributed by atoms with Gasteiger partial charge in [-0.2, -0.15) is 0 Å². The van der Waals surface area contributed by atoms with E-state index < -0.39 is 6.36 Å². The Morgan fingerprint density at radius 3 is 2.15 bits per heavy atom. The van der Waals surface area contributed by atoms with Crippen LogP contribution >= 0.6 is 0 Å². The number of allylic oxidation sites excluding steroid dienone is 1. The standard InChI is InChI=1S/C21H19F3O2/c22-21(23,24)26-19-12-5-15(6-13-19)7-14-20(25)18-10-8-17(9-11-18)16-3-1-2-4-16/h5-14,16H,1-4H2. The van der Waals surface area contributed by atoms with Gasteiger partial charge in [-0.15, -0.1) is 13.2 Å². The second kappa shape index (κ2) is 7.77. The smallest absolute Gasteiger partial charge is 0.406 e. The highest BCUT2D eigenvalue weighted by Gasteiger charge is 2.30. The van der Waals surface area contributed by atoms with Crippen molar-refractivity contribution >= 4 is 11.9 Å². The zero-order valence-corrected chi connectivity index (χ0v) is 14.1. The van der Waals surface area contributed by atoms with E-state index in [2.05, 4.69) is 4.74 Å². The molecule has 136 valence electrons. The quantitative estimate of drug-likeness (QED) is 0.473. The molecule has 26 heavy (non-hydrogen) atoms. The lowest BCUT2D eigenvalue weighted by atomic mass is 9.96. The summed E-state index contributed by atoms with van der Waals surface area (Å²) in [6, 6.07) is 13.1. The minimum absolute atomic E-state index is 0.140. The molecule has 0 aliphatic heterocycles. The zero-order valence-electron chi connectivity index (χ0n) is 14.1. The average Bonchev–Trinajstić information content (AvgIpc) is 3.14. The van der Waals surface area contributed by atoms with Gasteiger partial charge >= 0.3 is 6.36 Å². The number of hydrogen-bond acceptors (Lipinski definition) is 2. The first-order valence-electron chi connectivity index (χ1n) is 8.59. The van der Waals surface area contributed by atoms with E-state index in [4.69, 9.17) is 0 Å². The summed E-state index contributed by atoms with van der Waals surface area (Å²) in [7, 11) is 0. The summed E-state index contributed by atoms with van der Waals surface area (Å²) in [5.74, 6) is 0.175. The average molecular weight is 360 g/mol. The third-order valence-corrected chi connectivity index (χ3v) is 4.56. The Bertz CT molecular complexity index is 768.